The molecule has 0 aliphatic carbocycles. The van der Waals surface area contributed by atoms with E-state index in [0.29, 0.717) is 47.3 Å². The average molecular weight is 597 g/mol. The van der Waals surface area contributed by atoms with Crippen molar-refractivity contribution in [3.05, 3.63) is 56.6 Å². The Hall–Kier alpha value is -2.70. The number of hydrogen-bond acceptors (Lipinski definition) is 7. The Balaban J connectivity index is 0.000000139. The predicted molar refractivity (Wildman–Crippen MR) is 130 cm³/mol. The Kier molecular flexibility index (Phi) is 6.21. The van der Waals surface area contributed by atoms with Crippen LogP contribution in [0.2, 0.25) is 10.3 Å². The van der Waals surface area contributed by atoms with Crippen LogP contribution in [-0.2, 0) is 13.1 Å². The van der Waals surface area contributed by atoms with Crippen molar-refractivity contribution in [3.8, 4) is 34.3 Å². The van der Waals surface area contributed by atoms with Gasteiger partial charge in [0, 0.05) is 36.9 Å². The fourth-order valence-electron chi connectivity index (χ4n) is 3.56. The lowest BCUT2D eigenvalue weighted by Crippen LogP contribution is -2.04. The number of rotatable bonds is 1. The van der Waals surface area contributed by atoms with Crippen LogP contribution in [0.4, 0.5) is 0 Å². The molecule has 0 fully saturated rings. The molecule has 168 valence electrons. The Labute approximate surface area is 211 Å². The lowest BCUT2D eigenvalue weighted by Gasteiger charge is -2.05. The van der Waals surface area contributed by atoms with Gasteiger partial charge in [0.25, 0.3) is 0 Å². The highest BCUT2D eigenvalue weighted by Crippen LogP contribution is 2.33. The molecule has 0 radical (unpaired) electrons. The normalized spacial score (nSPS) is 13.4. The number of halogens is 3. The number of carbonyl (C=O) groups is 1. The maximum Gasteiger partial charge on any atom is 0.170 e. The van der Waals surface area contributed by atoms with Gasteiger partial charge >= 0.3 is 0 Å². The molecule has 4 aromatic rings. The SMILES string of the molecule is Clc1cc2c(cn1)-c1nc(I)cn1CCO2.O=Cc1cn2c(n1)-c1cnc(Cl)cc1OCC2. The molecule has 2 aliphatic heterocycles. The van der Waals surface area contributed by atoms with Crippen LogP contribution in [0.3, 0.4) is 0 Å². The third-order valence-electron chi connectivity index (χ3n) is 4.99. The highest BCUT2D eigenvalue weighted by atomic mass is 127. The molecule has 0 spiro atoms. The van der Waals surface area contributed by atoms with Gasteiger partial charge in [0.05, 0.1) is 24.2 Å². The van der Waals surface area contributed by atoms with Gasteiger partial charge in [-0.2, -0.15) is 0 Å². The molecule has 0 saturated heterocycles. The summed E-state index contributed by atoms with van der Waals surface area (Å²) in [5.41, 5.74) is 2.05. The molecule has 0 aromatic carbocycles. The summed E-state index contributed by atoms with van der Waals surface area (Å²) in [6.45, 7) is 2.56. The first kappa shape index (κ1) is 22.1. The topological polar surface area (TPSA) is 97.0 Å². The highest BCUT2D eigenvalue weighted by molar-refractivity contribution is 14.1. The zero-order valence-electron chi connectivity index (χ0n) is 16.9. The molecule has 0 amide bonds. The second-order valence-electron chi connectivity index (χ2n) is 7.08. The summed E-state index contributed by atoms with van der Waals surface area (Å²) in [5, 5.41) is 0.813. The molecular weight excluding hydrogens is 582 g/mol. The van der Waals surface area contributed by atoms with E-state index in [1.807, 2.05) is 10.8 Å². The summed E-state index contributed by atoms with van der Waals surface area (Å²) < 4.78 is 16.1. The van der Waals surface area contributed by atoms with Crippen LogP contribution in [0.25, 0.3) is 22.8 Å². The van der Waals surface area contributed by atoms with Crippen LogP contribution < -0.4 is 9.47 Å². The number of ether oxygens (including phenoxy) is 2. The van der Waals surface area contributed by atoms with Crippen molar-refractivity contribution >= 4 is 52.1 Å². The van der Waals surface area contributed by atoms with Crippen molar-refractivity contribution in [2.45, 2.75) is 13.1 Å². The zero-order chi connectivity index (χ0) is 22.9. The molecule has 0 bridgehead atoms. The van der Waals surface area contributed by atoms with E-state index in [-0.39, 0.29) is 0 Å². The van der Waals surface area contributed by atoms with Gasteiger partial charge in [-0.15, -0.1) is 0 Å². The van der Waals surface area contributed by atoms with Gasteiger partial charge in [-0.1, -0.05) is 23.2 Å². The first-order valence-corrected chi connectivity index (χ1v) is 11.7. The number of hydrogen-bond donors (Lipinski definition) is 0. The Morgan fingerprint density at radius 1 is 0.879 bits per heavy atom. The first-order chi connectivity index (χ1) is 16.0. The van der Waals surface area contributed by atoms with Crippen LogP contribution >= 0.6 is 45.8 Å². The van der Waals surface area contributed by atoms with Gasteiger partial charge in [0.1, 0.15) is 56.1 Å². The summed E-state index contributed by atoms with van der Waals surface area (Å²) >= 11 is 13.9. The number of aldehydes is 1. The zero-order valence-corrected chi connectivity index (χ0v) is 20.6. The van der Waals surface area contributed by atoms with Gasteiger partial charge in [0.2, 0.25) is 0 Å². The predicted octanol–water partition coefficient (Wildman–Crippen LogP) is 4.40. The molecule has 0 N–H and O–H groups in total. The standard InChI is InChI=1S/C11H8ClN3O2.C10H7ClIN3O/c12-10-3-9-8(4-13-10)11-14-7(6-16)5-15(11)1-2-17-9;11-8-3-7-6(4-13-8)10-14-9(12)5-15(10)1-2-16-7/h3-6H,1-2H2;3-5H,1-2H2. The van der Waals surface area contributed by atoms with Crippen LogP contribution in [0.15, 0.2) is 36.9 Å². The molecule has 0 saturated carbocycles. The Bertz CT molecular complexity index is 1360. The fourth-order valence-corrected chi connectivity index (χ4v) is 4.42. The van der Waals surface area contributed by atoms with Crippen LogP contribution in [0.1, 0.15) is 10.5 Å². The van der Waals surface area contributed by atoms with E-state index in [0.717, 1.165) is 39.2 Å². The highest BCUT2D eigenvalue weighted by Gasteiger charge is 2.20. The summed E-state index contributed by atoms with van der Waals surface area (Å²) in [5.74, 6) is 2.97. The summed E-state index contributed by atoms with van der Waals surface area (Å²) in [7, 11) is 0. The molecular formula is C21H15Cl2IN6O3. The smallest absolute Gasteiger partial charge is 0.170 e. The Morgan fingerprint density at radius 3 is 2.00 bits per heavy atom. The van der Waals surface area contributed by atoms with E-state index >= 15 is 0 Å². The van der Waals surface area contributed by atoms with E-state index in [4.69, 9.17) is 32.7 Å². The first-order valence-electron chi connectivity index (χ1n) is 9.84. The van der Waals surface area contributed by atoms with Crippen molar-refractivity contribution in [2.24, 2.45) is 0 Å². The largest absolute Gasteiger partial charge is 0.491 e. The van der Waals surface area contributed by atoms with Gasteiger partial charge in [-0.05, 0) is 22.6 Å². The summed E-state index contributed by atoms with van der Waals surface area (Å²) in [6.07, 6.45) is 7.75. The lowest BCUT2D eigenvalue weighted by molar-refractivity contribution is 0.111. The minimum absolute atomic E-state index is 0.374. The van der Waals surface area contributed by atoms with Crippen molar-refractivity contribution in [2.75, 3.05) is 13.2 Å². The van der Waals surface area contributed by atoms with E-state index in [1.165, 1.54) is 0 Å². The lowest BCUT2D eigenvalue weighted by atomic mass is 10.2. The maximum atomic E-state index is 10.7. The minimum Gasteiger partial charge on any atom is -0.491 e. The number of carbonyl (C=O) groups excluding carboxylic acids is 1. The molecule has 12 heteroatoms. The molecule has 6 heterocycles. The van der Waals surface area contributed by atoms with Gasteiger partial charge < -0.3 is 18.6 Å². The number of imidazole rings is 2. The number of fused-ring (bicyclic) bond motifs is 6. The van der Waals surface area contributed by atoms with Crippen LogP contribution in [0.5, 0.6) is 11.5 Å². The average Bonchev–Trinajstić information content (AvgIpc) is 3.28. The van der Waals surface area contributed by atoms with E-state index in [2.05, 4.69) is 47.1 Å². The Morgan fingerprint density at radius 2 is 1.42 bits per heavy atom. The summed E-state index contributed by atoms with van der Waals surface area (Å²) in [4.78, 5) is 27.5. The fraction of sp³-hybridized carbons (Fsp3) is 0.190. The number of nitrogens with zero attached hydrogens (tertiary/aromatic N) is 6. The number of pyridine rings is 2. The molecule has 4 aromatic heterocycles. The molecule has 6 rings (SSSR count). The minimum atomic E-state index is 0.374. The third-order valence-corrected chi connectivity index (χ3v) is 5.92. The van der Waals surface area contributed by atoms with Crippen molar-refractivity contribution in [3.63, 3.8) is 0 Å². The van der Waals surface area contributed by atoms with Gasteiger partial charge in [0.15, 0.2) is 6.29 Å². The molecule has 0 unspecified atom stereocenters. The summed E-state index contributed by atoms with van der Waals surface area (Å²) in [6, 6.07) is 3.38. The molecule has 33 heavy (non-hydrogen) atoms. The van der Waals surface area contributed by atoms with E-state index in [1.54, 1.807) is 30.7 Å². The molecule has 9 nitrogen and oxygen atoms in total. The second kappa shape index (κ2) is 9.27. The molecule has 2 aliphatic rings. The monoisotopic (exact) mass is 596 g/mol. The van der Waals surface area contributed by atoms with Crippen molar-refractivity contribution < 1.29 is 14.3 Å². The second-order valence-corrected chi connectivity index (χ2v) is 8.96. The van der Waals surface area contributed by atoms with Crippen LogP contribution in [-0.4, -0.2) is 48.6 Å². The van der Waals surface area contributed by atoms with E-state index in [9.17, 15) is 4.79 Å². The van der Waals surface area contributed by atoms with E-state index < -0.39 is 0 Å². The number of aromatic nitrogens is 6. The molecule has 0 atom stereocenters. The van der Waals surface area contributed by atoms with Gasteiger partial charge in [-0.3, -0.25) is 4.79 Å². The van der Waals surface area contributed by atoms with Crippen LogP contribution in [0, 0.1) is 3.70 Å². The quantitative estimate of drug-likeness (QED) is 0.182. The van der Waals surface area contributed by atoms with Gasteiger partial charge in [-0.25, -0.2) is 19.9 Å². The van der Waals surface area contributed by atoms with Crippen molar-refractivity contribution in [1.82, 2.24) is 29.1 Å². The maximum absolute atomic E-state index is 10.7. The third kappa shape index (κ3) is 4.55. The van der Waals surface area contributed by atoms with Crippen molar-refractivity contribution in [1.29, 1.82) is 0 Å².